The minimum absolute atomic E-state index is 0.117. The van der Waals surface area contributed by atoms with Crippen LogP contribution in [-0.2, 0) is 11.3 Å². The zero-order chi connectivity index (χ0) is 17.3. The molecule has 0 radical (unpaired) electrons. The lowest BCUT2D eigenvalue weighted by atomic mass is 10.0. The molecule has 3 rings (SSSR count). The summed E-state index contributed by atoms with van der Waals surface area (Å²) in [5, 5.41) is 7.36. The predicted octanol–water partition coefficient (Wildman–Crippen LogP) is 4.18. The normalized spacial score (nSPS) is 14.3. The highest BCUT2D eigenvalue weighted by Crippen LogP contribution is 2.31. The molecule has 0 atom stereocenters. The number of aryl methyl sites for hydroxylation is 4. The number of aromatic nitrogens is 2. The molecule has 2 aromatic rings. The number of benzene rings is 1. The Hall–Kier alpha value is -2.36. The molecule has 0 unspecified atom stereocenters. The maximum Gasteiger partial charge on any atom is 0.249 e. The van der Waals surface area contributed by atoms with Crippen molar-refractivity contribution in [2.24, 2.45) is 5.92 Å². The van der Waals surface area contributed by atoms with Crippen molar-refractivity contribution in [2.75, 3.05) is 5.32 Å². The van der Waals surface area contributed by atoms with E-state index in [1.165, 1.54) is 29.5 Å². The Morgan fingerprint density at radius 2 is 1.88 bits per heavy atom. The van der Waals surface area contributed by atoms with Crippen molar-refractivity contribution >= 4 is 17.8 Å². The Labute approximate surface area is 143 Å². The van der Waals surface area contributed by atoms with Crippen LogP contribution in [0.1, 0.15) is 40.7 Å². The minimum atomic E-state index is -0.117. The Bertz CT molecular complexity index is 797. The smallest absolute Gasteiger partial charge is 0.249 e. The van der Waals surface area contributed by atoms with Crippen molar-refractivity contribution in [1.29, 1.82) is 0 Å². The molecule has 0 spiro atoms. The SMILES string of the molecule is Cc1cc(C)c(/C=C/C(=O)Nc2c(C)cnn2CC2CC2)cc1C. The summed E-state index contributed by atoms with van der Waals surface area (Å²) in [7, 11) is 0. The van der Waals surface area contributed by atoms with E-state index >= 15 is 0 Å². The molecule has 4 nitrogen and oxygen atoms in total. The first kappa shape index (κ1) is 16.5. The second-order valence-corrected chi connectivity index (χ2v) is 6.92. The largest absolute Gasteiger partial charge is 0.307 e. The van der Waals surface area contributed by atoms with Crippen molar-refractivity contribution in [3.63, 3.8) is 0 Å². The number of nitrogens with one attached hydrogen (secondary N) is 1. The van der Waals surface area contributed by atoms with Gasteiger partial charge in [-0.2, -0.15) is 5.10 Å². The first-order valence-corrected chi connectivity index (χ1v) is 8.53. The van der Waals surface area contributed by atoms with Gasteiger partial charge >= 0.3 is 0 Å². The van der Waals surface area contributed by atoms with Crippen molar-refractivity contribution < 1.29 is 4.79 Å². The summed E-state index contributed by atoms with van der Waals surface area (Å²) >= 11 is 0. The van der Waals surface area contributed by atoms with E-state index in [-0.39, 0.29) is 5.91 Å². The average molecular weight is 323 g/mol. The highest BCUT2D eigenvalue weighted by molar-refractivity contribution is 6.01. The highest BCUT2D eigenvalue weighted by atomic mass is 16.1. The van der Waals surface area contributed by atoms with Crippen molar-refractivity contribution in [3.8, 4) is 0 Å². The molecule has 1 N–H and O–H groups in total. The molecule has 1 aromatic carbocycles. The predicted molar refractivity (Wildman–Crippen MR) is 98.0 cm³/mol. The van der Waals surface area contributed by atoms with Crippen LogP contribution >= 0.6 is 0 Å². The standard InChI is InChI=1S/C20H25N3O/c1-13-9-15(3)18(10-14(13)2)7-8-19(24)22-20-16(4)11-21-23(20)12-17-5-6-17/h7-11,17H,5-6,12H2,1-4H3,(H,22,24)/b8-7+. The Kier molecular flexibility index (Phi) is 4.56. The molecule has 4 heteroatoms. The number of nitrogens with zero attached hydrogens (tertiary/aromatic N) is 2. The number of carbonyl (C=O) groups is 1. The summed E-state index contributed by atoms with van der Waals surface area (Å²) < 4.78 is 1.92. The third-order valence-corrected chi connectivity index (χ3v) is 4.69. The van der Waals surface area contributed by atoms with Gasteiger partial charge in [-0.1, -0.05) is 12.1 Å². The molecule has 1 aliphatic rings. The summed E-state index contributed by atoms with van der Waals surface area (Å²) in [5.41, 5.74) is 5.76. The van der Waals surface area contributed by atoms with Gasteiger partial charge in [-0.3, -0.25) is 4.79 Å². The summed E-state index contributed by atoms with van der Waals surface area (Å²) in [5.74, 6) is 1.41. The first-order valence-electron chi connectivity index (χ1n) is 8.53. The van der Waals surface area contributed by atoms with E-state index in [1.807, 2.05) is 23.9 Å². The van der Waals surface area contributed by atoms with Gasteiger partial charge in [0.05, 0.1) is 6.20 Å². The molecule has 1 aliphatic carbocycles. The second-order valence-electron chi connectivity index (χ2n) is 6.92. The maximum absolute atomic E-state index is 12.3. The molecule has 1 amide bonds. The van der Waals surface area contributed by atoms with Crippen LogP contribution < -0.4 is 5.32 Å². The molecule has 1 saturated carbocycles. The summed E-state index contributed by atoms with van der Waals surface area (Å²) in [6.45, 7) is 9.13. The van der Waals surface area contributed by atoms with E-state index in [0.29, 0.717) is 5.92 Å². The van der Waals surface area contributed by atoms with E-state index in [0.717, 1.165) is 23.5 Å². The lowest BCUT2D eigenvalue weighted by Gasteiger charge is -2.09. The zero-order valence-electron chi connectivity index (χ0n) is 14.9. The van der Waals surface area contributed by atoms with Crippen molar-refractivity contribution in [2.45, 2.75) is 47.1 Å². The van der Waals surface area contributed by atoms with E-state index in [9.17, 15) is 4.79 Å². The van der Waals surface area contributed by atoms with Crippen LogP contribution in [0.5, 0.6) is 0 Å². The van der Waals surface area contributed by atoms with E-state index in [2.05, 4.69) is 43.3 Å². The van der Waals surface area contributed by atoms with Gasteiger partial charge in [0, 0.05) is 18.2 Å². The third kappa shape index (κ3) is 3.75. The Morgan fingerprint density at radius 1 is 1.17 bits per heavy atom. The van der Waals surface area contributed by atoms with Gasteiger partial charge in [0.1, 0.15) is 5.82 Å². The van der Waals surface area contributed by atoms with Crippen molar-refractivity contribution in [1.82, 2.24) is 9.78 Å². The second kappa shape index (κ2) is 6.63. The number of hydrogen-bond donors (Lipinski definition) is 1. The number of rotatable bonds is 5. The topological polar surface area (TPSA) is 46.9 Å². The van der Waals surface area contributed by atoms with Gasteiger partial charge in [-0.05, 0) is 74.8 Å². The molecule has 1 heterocycles. The molecule has 0 bridgehead atoms. The monoisotopic (exact) mass is 323 g/mol. The van der Waals surface area contributed by atoms with Crippen LogP contribution in [0.3, 0.4) is 0 Å². The minimum Gasteiger partial charge on any atom is -0.307 e. The van der Waals surface area contributed by atoms with Gasteiger partial charge in [0.25, 0.3) is 0 Å². The van der Waals surface area contributed by atoms with Gasteiger partial charge in [-0.15, -0.1) is 0 Å². The van der Waals surface area contributed by atoms with E-state index in [4.69, 9.17) is 0 Å². The van der Waals surface area contributed by atoms with Gasteiger partial charge in [0.15, 0.2) is 0 Å². The lowest BCUT2D eigenvalue weighted by molar-refractivity contribution is -0.111. The number of carbonyl (C=O) groups excluding carboxylic acids is 1. The van der Waals surface area contributed by atoms with Gasteiger partial charge in [0.2, 0.25) is 5.91 Å². The quantitative estimate of drug-likeness (QED) is 0.839. The van der Waals surface area contributed by atoms with E-state index in [1.54, 1.807) is 6.08 Å². The highest BCUT2D eigenvalue weighted by Gasteiger charge is 2.23. The molecular weight excluding hydrogens is 298 g/mol. The van der Waals surface area contributed by atoms with E-state index < -0.39 is 0 Å². The fourth-order valence-corrected chi connectivity index (χ4v) is 2.81. The fraction of sp³-hybridized carbons (Fsp3) is 0.400. The third-order valence-electron chi connectivity index (χ3n) is 4.69. The number of amides is 1. The van der Waals surface area contributed by atoms with Crippen LogP contribution in [0.2, 0.25) is 0 Å². The first-order chi connectivity index (χ1) is 11.4. The summed E-state index contributed by atoms with van der Waals surface area (Å²) in [6, 6.07) is 4.28. The fourth-order valence-electron chi connectivity index (χ4n) is 2.81. The van der Waals surface area contributed by atoms with Crippen LogP contribution in [0, 0.1) is 33.6 Å². The van der Waals surface area contributed by atoms with Crippen LogP contribution in [0.15, 0.2) is 24.4 Å². The van der Waals surface area contributed by atoms with Crippen molar-refractivity contribution in [3.05, 3.63) is 52.2 Å². The number of hydrogen-bond acceptors (Lipinski definition) is 2. The summed E-state index contributed by atoms with van der Waals surface area (Å²) in [4.78, 5) is 12.3. The Balaban J connectivity index is 1.72. The Morgan fingerprint density at radius 3 is 2.58 bits per heavy atom. The molecule has 24 heavy (non-hydrogen) atoms. The molecule has 0 aliphatic heterocycles. The lowest BCUT2D eigenvalue weighted by Crippen LogP contribution is -2.14. The summed E-state index contributed by atoms with van der Waals surface area (Å²) in [6.07, 6.45) is 7.82. The van der Waals surface area contributed by atoms with Gasteiger partial charge < -0.3 is 5.32 Å². The molecule has 1 fully saturated rings. The van der Waals surface area contributed by atoms with Crippen LogP contribution in [-0.4, -0.2) is 15.7 Å². The molecular formula is C20H25N3O. The molecule has 126 valence electrons. The maximum atomic E-state index is 12.3. The average Bonchev–Trinajstić information content (AvgIpc) is 3.29. The molecule has 1 aromatic heterocycles. The van der Waals surface area contributed by atoms with Crippen LogP contribution in [0.4, 0.5) is 5.82 Å². The molecule has 0 saturated heterocycles. The number of anilines is 1. The van der Waals surface area contributed by atoms with Crippen LogP contribution in [0.25, 0.3) is 6.08 Å². The van der Waals surface area contributed by atoms with Gasteiger partial charge in [-0.25, -0.2) is 4.68 Å². The zero-order valence-corrected chi connectivity index (χ0v) is 14.9.